The summed E-state index contributed by atoms with van der Waals surface area (Å²) in [5, 5.41) is 7.26. The first-order chi connectivity index (χ1) is 11.1. The molecule has 2 atom stereocenters. The van der Waals surface area contributed by atoms with Gasteiger partial charge in [-0.1, -0.05) is 13.0 Å². The summed E-state index contributed by atoms with van der Waals surface area (Å²) in [6.07, 6.45) is 2.54. The van der Waals surface area contributed by atoms with Crippen molar-refractivity contribution in [3.63, 3.8) is 0 Å². The molecule has 0 saturated carbocycles. The summed E-state index contributed by atoms with van der Waals surface area (Å²) in [4.78, 5) is 4.57. The molecule has 0 aliphatic carbocycles. The molecule has 1 fully saturated rings. The average Bonchev–Trinajstić information content (AvgIpc) is 3.06. The molecule has 0 bridgehead atoms. The summed E-state index contributed by atoms with van der Waals surface area (Å²) >= 11 is 2.00. The van der Waals surface area contributed by atoms with Crippen molar-refractivity contribution in [2.24, 2.45) is 4.99 Å². The molecule has 6 heteroatoms. The monoisotopic (exact) mass is 341 g/mol. The number of thioether (sulfide) groups is 1. The fourth-order valence-corrected chi connectivity index (χ4v) is 3.71. The van der Waals surface area contributed by atoms with Crippen LogP contribution in [0.2, 0.25) is 0 Å². The molecule has 2 N–H and O–H groups in total. The van der Waals surface area contributed by atoms with Crippen molar-refractivity contribution in [2.45, 2.75) is 37.9 Å². The second-order valence-corrected chi connectivity index (χ2v) is 7.22. The van der Waals surface area contributed by atoms with Gasteiger partial charge in [0.15, 0.2) is 17.6 Å². The number of rotatable bonds is 6. The van der Waals surface area contributed by atoms with Crippen molar-refractivity contribution >= 4 is 17.7 Å². The Morgan fingerprint density at radius 2 is 2.17 bits per heavy atom. The Morgan fingerprint density at radius 3 is 2.83 bits per heavy atom. The lowest BCUT2D eigenvalue weighted by molar-refractivity contribution is 0.505. The van der Waals surface area contributed by atoms with Gasteiger partial charge in [-0.15, -0.1) is 0 Å². The lowest BCUT2D eigenvalue weighted by atomic mass is 10.0. The summed E-state index contributed by atoms with van der Waals surface area (Å²) < 4.78 is 26.3. The van der Waals surface area contributed by atoms with Crippen LogP contribution in [-0.2, 0) is 0 Å². The highest BCUT2D eigenvalue weighted by atomic mass is 32.2. The molecule has 1 aliphatic rings. The van der Waals surface area contributed by atoms with E-state index >= 15 is 0 Å². The molecule has 0 aromatic heterocycles. The standard InChI is InChI=1S/C17H25F2N3S/c1-3-20-17(22-11-14-5-4-8-23-14)21-10-12(2)13-6-7-15(18)16(19)9-13/h6-7,9,12,14H,3-5,8,10-11H2,1-2H3,(H2,20,21,22). The number of nitrogens with one attached hydrogen (secondary N) is 2. The van der Waals surface area contributed by atoms with Crippen molar-refractivity contribution in [2.75, 3.05) is 25.4 Å². The van der Waals surface area contributed by atoms with Gasteiger partial charge in [0.1, 0.15) is 0 Å². The summed E-state index contributed by atoms with van der Waals surface area (Å²) in [6, 6.07) is 4.05. The SMILES string of the molecule is CCNC(=NCC(C)c1ccc(F)c(F)c1)NCC1CCCS1. The van der Waals surface area contributed by atoms with Gasteiger partial charge in [-0.2, -0.15) is 11.8 Å². The normalized spacial score (nSPS) is 19.7. The van der Waals surface area contributed by atoms with E-state index in [9.17, 15) is 8.78 Å². The van der Waals surface area contributed by atoms with Crippen LogP contribution in [0.3, 0.4) is 0 Å². The van der Waals surface area contributed by atoms with Crippen molar-refractivity contribution < 1.29 is 8.78 Å². The van der Waals surface area contributed by atoms with E-state index in [2.05, 4.69) is 15.6 Å². The average molecular weight is 341 g/mol. The Hall–Kier alpha value is -1.30. The predicted octanol–water partition coefficient (Wildman–Crippen LogP) is 3.52. The van der Waals surface area contributed by atoms with Crippen LogP contribution >= 0.6 is 11.8 Å². The van der Waals surface area contributed by atoms with E-state index in [-0.39, 0.29) is 5.92 Å². The molecule has 128 valence electrons. The summed E-state index contributed by atoms with van der Waals surface area (Å²) in [7, 11) is 0. The molecule has 1 saturated heterocycles. The number of hydrogen-bond acceptors (Lipinski definition) is 2. The maximum Gasteiger partial charge on any atom is 0.191 e. The van der Waals surface area contributed by atoms with Crippen molar-refractivity contribution in [1.82, 2.24) is 10.6 Å². The maximum absolute atomic E-state index is 13.3. The molecule has 2 unspecified atom stereocenters. The molecule has 3 nitrogen and oxygen atoms in total. The van der Waals surface area contributed by atoms with Crippen molar-refractivity contribution in [3.05, 3.63) is 35.4 Å². The Balaban J connectivity index is 1.90. The van der Waals surface area contributed by atoms with E-state index in [0.717, 1.165) is 24.6 Å². The van der Waals surface area contributed by atoms with Crippen LogP contribution < -0.4 is 10.6 Å². The lowest BCUT2D eigenvalue weighted by Crippen LogP contribution is -2.40. The van der Waals surface area contributed by atoms with Gasteiger partial charge in [-0.3, -0.25) is 4.99 Å². The van der Waals surface area contributed by atoms with Gasteiger partial charge in [0.2, 0.25) is 0 Å². The van der Waals surface area contributed by atoms with Crippen LogP contribution in [0.4, 0.5) is 8.78 Å². The second-order valence-electron chi connectivity index (χ2n) is 5.81. The minimum absolute atomic E-state index is 0.0291. The van der Waals surface area contributed by atoms with E-state index in [1.807, 2.05) is 25.6 Å². The molecular formula is C17H25F2N3S. The van der Waals surface area contributed by atoms with Gasteiger partial charge in [-0.25, -0.2) is 8.78 Å². The zero-order valence-electron chi connectivity index (χ0n) is 13.7. The highest BCUT2D eigenvalue weighted by molar-refractivity contribution is 8.00. The van der Waals surface area contributed by atoms with Crippen molar-refractivity contribution in [1.29, 1.82) is 0 Å². The van der Waals surface area contributed by atoms with Gasteiger partial charge in [0.05, 0.1) is 0 Å². The molecule has 1 aromatic rings. The number of guanidine groups is 1. The maximum atomic E-state index is 13.3. The van der Waals surface area contributed by atoms with Crippen LogP contribution in [-0.4, -0.2) is 36.6 Å². The Labute approximate surface area is 141 Å². The summed E-state index contributed by atoms with van der Waals surface area (Å²) in [6.45, 7) is 6.23. The topological polar surface area (TPSA) is 36.4 Å². The van der Waals surface area contributed by atoms with E-state index in [4.69, 9.17) is 0 Å². The molecule has 1 aromatic carbocycles. The van der Waals surface area contributed by atoms with Crippen LogP contribution in [0.25, 0.3) is 0 Å². The fourth-order valence-electron chi connectivity index (χ4n) is 2.51. The first kappa shape index (κ1) is 18.0. The van der Waals surface area contributed by atoms with E-state index in [0.29, 0.717) is 11.8 Å². The second kappa shape index (κ2) is 9.11. The predicted molar refractivity (Wildman–Crippen MR) is 94.2 cm³/mol. The Kier molecular flexibility index (Phi) is 7.15. The van der Waals surface area contributed by atoms with Gasteiger partial charge in [-0.05, 0) is 43.2 Å². The minimum atomic E-state index is -0.812. The number of benzene rings is 1. The third-order valence-corrected chi connectivity index (χ3v) is 5.30. The highest BCUT2D eigenvalue weighted by Crippen LogP contribution is 2.25. The first-order valence-electron chi connectivity index (χ1n) is 8.19. The zero-order chi connectivity index (χ0) is 16.7. The third kappa shape index (κ3) is 5.68. The van der Waals surface area contributed by atoms with Gasteiger partial charge < -0.3 is 10.6 Å². The van der Waals surface area contributed by atoms with Crippen LogP contribution in [0.5, 0.6) is 0 Å². The summed E-state index contributed by atoms with van der Waals surface area (Å²) in [5.41, 5.74) is 0.759. The third-order valence-electron chi connectivity index (χ3n) is 3.90. The Bertz CT molecular complexity index is 531. The van der Waals surface area contributed by atoms with Crippen LogP contribution in [0.15, 0.2) is 23.2 Å². The molecule has 0 amide bonds. The molecule has 0 spiro atoms. The smallest absolute Gasteiger partial charge is 0.191 e. The number of aliphatic imine (C=N–C) groups is 1. The quantitative estimate of drug-likeness (QED) is 0.614. The van der Waals surface area contributed by atoms with Gasteiger partial charge in [0, 0.05) is 30.8 Å². The molecular weight excluding hydrogens is 316 g/mol. The molecule has 23 heavy (non-hydrogen) atoms. The molecule has 2 rings (SSSR count). The van der Waals surface area contributed by atoms with E-state index in [1.165, 1.54) is 30.7 Å². The van der Waals surface area contributed by atoms with Crippen LogP contribution in [0.1, 0.15) is 38.2 Å². The number of halogens is 2. The van der Waals surface area contributed by atoms with Gasteiger partial charge >= 0.3 is 0 Å². The largest absolute Gasteiger partial charge is 0.357 e. The van der Waals surface area contributed by atoms with Crippen molar-refractivity contribution in [3.8, 4) is 0 Å². The number of nitrogens with zero attached hydrogens (tertiary/aromatic N) is 1. The molecule has 0 radical (unpaired) electrons. The zero-order valence-corrected chi connectivity index (χ0v) is 14.6. The minimum Gasteiger partial charge on any atom is -0.357 e. The highest BCUT2D eigenvalue weighted by Gasteiger charge is 2.15. The first-order valence-corrected chi connectivity index (χ1v) is 9.23. The fraction of sp³-hybridized carbons (Fsp3) is 0.588. The Morgan fingerprint density at radius 1 is 1.35 bits per heavy atom. The lowest BCUT2D eigenvalue weighted by Gasteiger charge is -2.16. The molecule has 1 aliphatic heterocycles. The van der Waals surface area contributed by atoms with E-state index in [1.54, 1.807) is 6.07 Å². The van der Waals surface area contributed by atoms with Crippen LogP contribution in [0, 0.1) is 11.6 Å². The van der Waals surface area contributed by atoms with Gasteiger partial charge in [0.25, 0.3) is 0 Å². The number of hydrogen-bond donors (Lipinski definition) is 2. The molecule has 1 heterocycles. The summed E-state index contributed by atoms with van der Waals surface area (Å²) in [5.74, 6) is 0.443. The van der Waals surface area contributed by atoms with E-state index < -0.39 is 11.6 Å².